The largest absolute Gasteiger partial charge is 0.378 e. The Hall–Kier alpha value is -0.120. The van der Waals surface area contributed by atoms with Crippen molar-refractivity contribution in [2.24, 2.45) is 0 Å². The SMILES string of the molecule is COC(C)(C)OCCC1CCCO1. The molecule has 0 amide bonds. The summed E-state index contributed by atoms with van der Waals surface area (Å²) in [6.45, 7) is 5.47. The van der Waals surface area contributed by atoms with Gasteiger partial charge in [0.25, 0.3) is 0 Å². The van der Waals surface area contributed by atoms with Gasteiger partial charge in [-0.05, 0) is 33.1 Å². The molecule has 1 rings (SSSR count). The van der Waals surface area contributed by atoms with E-state index < -0.39 is 5.79 Å². The molecule has 0 aromatic rings. The van der Waals surface area contributed by atoms with Crippen LogP contribution in [0.25, 0.3) is 0 Å². The molecular formula is C10H20O3. The molecule has 0 saturated carbocycles. The topological polar surface area (TPSA) is 27.7 Å². The van der Waals surface area contributed by atoms with Gasteiger partial charge in [0.2, 0.25) is 0 Å². The van der Waals surface area contributed by atoms with E-state index in [1.165, 1.54) is 12.8 Å². The molecule has 3 heteroatoms. The van der Waals surface area contributed by atoms with Crippen LogP contribution in [0.1, 0.15) is 33.1 Å². The van der Waals surface area contributed by atoms with Crippen LogP contribution in [0.2, 0.25) is 0 Å². The smallest absolute Gasteiger partial charge is 0.162 e. The highest BCUT2D eigenvalue weighted by molar-refractivity contribution is 4.64. The first-order chi connectivity index (χ1) is 6.14. The fraction of sp³-hybridized carbons (Fsp3) is 1.00. The lowest BCUT2D eigenvalue weighted by Gasteiger charge is -2.24. The van der Waals surface area contributed by atoms with Crippen molar-refractivity contribution < 1.29 is 14.2 Å². The van der Waals surface area contributed by atoms with Crippen molar-refractivity contribution in [2.45, 2.75) is 45.0 Å². The average molecular weight is 188 g/mol. The average Bonchev–Trinajstić information content (AvgIpc) is 2.57. The number of methoxy groups -OCH3 is 1. The summed E-state index contributed by atoms with van der Waals surface area (Å²) in [4.78, 5) is 0. The van der Waals surface area contributed by atoms with Crippen molar-refractivity contribution in [3.63, 3.8) is 0 Å². The van der Waals surface area contributed by atoms with E-state index in [2.05, 4.69) is 0 Å². The standard InChI is InChI=1S/C10H20O3/c1-10(2,11-3)13-8-6-9-5-4-7-12-9/h9H,4-8H2,1-3H3. The molecule has 0 bridgehead atoms. The van der Waals surface area contributed by atoms with Crippen LogP contribution in [0.15, 0.2) is 0 Å². The highest BCUT2D eigenvalue weighted by Crippen LogP contribution is 2.17. The molecule has 1 unspecified atom stereocenters. The quantitative estimate of drug-likeness (QED) is 0.617. The first-order valence-electron chi connectivity index (χ1n) is 4.95. The van der Waals surface area contributed by atoms with Gasteiger partial charge in [-0.3, -0.25) is 0 Å². The molecule has 1 heterocycles. The van der Waals surface area contributed by atoms with E-state index in [-0.39, 0.29) is 0 Å². The minimum Gasteiger partial charge on any atom is -0.378 e. The number of ether oxygens (including phenoxy) is 3. The van der Waals surface area contributed by atoms with Gasteiger partial charge in [0.05, 0.1) is 12.7 Å². The van der Waals surface area contributed by atoms with E-state index in [0.29, 0.717) is 12.7 Å². The van der Waals surface area contributed by atoms with Crippen molar-refractivity contribution in [3.8, 4) is 0 Å². The van der Waals surface area contributed by atoms with Crippen molar-refractivity contribution >= 4 is 0 Å². The van der Waals surface area contributed by atoms with Crippen LogP contribution >= 0.6 is 0 Å². The van der Waals surface area contributed by atoms with Gasteiger partial charge < -0.3 is 14.2 Å². The van der Waals surface area contributed by atoms with E-state index in [9.17, 15) is 0 Å². The molecule has 1 aliphatic heterocycles. The normalized spacial score (nSPS) is 23.8. The van der Waals surface area contributed by atoms with Gasteiger partial charge >= 0.3 is 0 Å². The van der Waals surface area contributed by atoms with E-state index in [1.807, 2.05) is 13.8 Å². The van der Waals surface area contributed by atoms with Gasteiger partial charge in [0, 0.05) is 13.7 Å². The molecule has 13 heavy (non-hydrogen) atoms. The molecule has 1 fully saturated rings. The predicted molar refractivity (Wildman–Crippen MR) is 50.6 cm³/mol. The Labute approximate surface area is 80.4 Å². The molecule has 0 radical (unpaired) electrons. The van der Waals surface area contributed by atoms with Crippen LogP contribution in [0.5, 0.6) is 0 Å². The third kappa shape index (κ3) is 4.07. The summed E-state index contributed by atoms with van der Waals surface area (Å²) < 4.78 is 16.2. The fourth-order valence-corrected chi connectivity index (χ4v) is 1.37. The van der Waals surface area contributed by atoms with Crippen molar-refractivity contribution in [3.05, 3.63) is 0 Å². The summed E-state index contributed by atoms with van der Waals surface area (Å²) in [5.41, 5.74) is 0. The van der Waals surface area contributed by atoms with Crippen LogP contribution in [-0.2, 0) is 14.2 Å². The van der Waals surface area contributed by atoms with Crippen LogP contribution in [0.3, 0.4) is 0 Å². The van der Waals surface area contributed by atoms with Crippen molar-refractivity contribution in [2.75, 3.05) is 20.3 Å². The summed E-state index contributed by atoms with van der Waals surface area (Å²) in [5.74, 6) is -0.460. The van der Waals surface area contributed by atoms with E-state index in [0.717, 1.165) is 13.0 Å². The molecular weight excluding hydrogens is 168 g/mol. The molecule has 0 aromatic heterocycles. The first-order valence-corrected chi connectivity index (χ1v) is 4.95. The van der Waals surface area contributed by atoms with Gasteiger partial charge in [-0.25, -0.2) is 0 Å². The zero-order chi connectivity index (χ0) is 9.73. The monoisotopic (exact) mass is 188 g/mol. The zero-order valence-electron chi connectivity index (χ0n) is 8.84. The van der Waals surface area contributed by atoms with Gasteiger partial charge in [0.1, 0.15) is 0 Å². The Morgan fingerprint density at radius 1 is 1.46 bits per heavy atom. The number of rotatable bonds is 5. The van der Waals surface area contributed by atoms with Crippen LogP contribution in [-0.4, -0.2) is 32.2 Å². The molecule has 0 spiro atoms. The second-order valence-corrected chi connectivity index (χ2v) is 3.88. The second kappa shape index (κ2) is 4.94. The van der Waals surface area contributed by atoms with Gasteiger partial charge in [0.15, 0.2) is 5.79 Å². The summed E-state index contributed by atoms with van der Waals surface area (Å²) in [6, 6.07) is 0. The molecule has 3 nitrogen and oxygen atoms in total. The maximum absolute atomic E-state index is 5.54. The van der Waals surface area contributed by atoms with Gasteiger partial charge in [-0.15, -0.1) is 0 Å². The molecule has 1 aliphatic rings. The molecule has 1 atom stereocenters. The maximum atomic E-state index is 5.54. The minimum absolute atomic E-state index is 0.410. The van der Waals surface area contributed by atoms with Crippen LogP contribution in [0, 0.1) is 0 Å². The Kier molecular flexibility index (Phi) is 4.16. The summed E-state index contributed by atoms with van der Waals surface area (Å²) in [5, 5.41) is 0. The van der Waals surface area contributed by atoms with Gasteiger partial charge in [-0.2, -0.15) is 0 Å². The predicted octanol–water partition coefficient (Wildman–Crippen LogP) is 1.95. The second-order valence-electron chi connectivity index (χ2n) is 3.88. The molecule has 78 valence electrons. The third-order valence-electron chi connectivity index (χ3n) is 2.41. The molecule has 0 aliphatic carbocycles. The van der Waals surface area contributed by atoms with Crippen molar-refractivity contribution in [1.29, 1.82) is 0 Å². The highest BCUT2D eigenvalue weighted by Gasteiger charge is 2.19. The van der Waals surface area contributed by atoms with E-state index in [4.69, 9.17) is 14.2 Å². The van der Waals surface area contributed by atoms with E-state index >= 15 is 0 Å². The fourth-order valence-electron chi connectivity index (χ4n) is 1.37. The Bertz CT molecular complexity index is 139. The summed E-state index contributed by atoms with van der Waals surface area (Å²) >= 11 is 0. The lowest BCUT2D eigenvalue weighted by atomic mass is 10.2. The molecule has 0 N–H and O–H groups in total. The summed E-state index contributed by atoms with van der Waals surface area (Å²) in [7, 11) is 1.66. The minimum atomic E-state index is -0.460. The number of hydrogen-bond acceptors (Lipinski definition) is 3. The Balaban J connectivity index is 2.06. The zero-order valence-corrected chi connectivity index (χ0v) is 8.84. The van der Waals surface area contributed by atoms with Crippen LogP contribution < -0.4 is 0 Å². The third-order valence-corrected chi connectivity index (χ3v) is 2.41. The van der Waals surface area contributed by atoms with E-state index in [1.54, 1.807) is 7.11 Å². The lowest BCUT2D eigenvalue weighted by molar-refractivity contribution is -0.199. The highest BCUT2D eigenvalue weighted by atomic mass is 16.7. The first kappa shape index (κ1) is 11.0. The summed E-state index contributed by atoms with van der Waals surface area (Å²) in [6.07, 6.45) is 3.76. The lowest BCUT2D eigenvalue weighted by Crippen LogP contribution is -2.28. The molecule has 1 saturated heterocycles. The number of hydrogen-bond donors (Lipinski definition) is 0. The van der Waals surface area contributed by atoms with Gasteiger partial charge in [-0.1, -0.05) is 0 Å². The Morgan fingerprint density at radius 3 is 2.77 bits per heavy atom. The Morgan fingerprint density at radius 2 is 2.23 bits per heavy atom. The van der Waals surface area contributed by atoms with Crippen molar-refractivity contribution in [1.82, 2.24) is 0 Å². The maximum Gasteiger partial charge on any atom is 0.162 e. The molecule has 0 aromatic carbocycles. The van der Waals surface area contributed by atoms with Crippen LogP contribution in [0.4, 0.5) is 0 Å².